The molecule has 0 aromatic heterocycles. The van der Waals surface area contributed by atoms with Crippen LogP contribution < -0.4 is 5.32 Å². The minimum Gasteiger partial charge on any atom is -0.383 e. The van der Waals surface area contributed by atoms with Gasteiger partial charge in [-0.3, -0.25) is 0 Å². The number of aryl methyl sites for hydroxylation is 2. The molecule has 0 saturated carbocycles. The normalized spacial score (nSPS) is 11.0. The molecule has 0 atom stereocenters. The molecule has 18 heavy (non-hydrogen) atoms. The number of rotatable bonds is 7. The van der Waals surface area contributed by atoms with Crippen molar-refractivity contribution in [2.45, 2.75) is 34.1 Å². The van der Waals surface area contributed by atoms with Gasteiger partial charge in [0.1, 0.15) is 0 Å². The Morgan fingerprint density at radius 3 is 2.33 bits per heavy atom. The zero-order chi connectivity index (χ0) is 13.5. The molecule has 0 heterocycles. The molecule has 1 rings (SSSR count). The van der Waals surface area contributed by atoms with Crippen LogP contribution in [0.1, 0.15) is 31.4 Å². The summed E-state index contributed by atoms with van der Waals surface area (Å²) in [7, 11) is 0. The first kappa shape index (κ1) is 15.5. The van der Waals surface area contributed by atoms with E-state index in [1.807, 2.05) is 0 Å². The quantitative estimate of drug-likeness (QED) is 0.746. The topological polar surface area (TPSA) is 21.3 Å². The molecule has 1 aromatic rings. The van der Waals surface area contributed by atoms with Gasteiger partial charge in [0.05, 0.1) is 6.61 Å². The van der Waals surface area contributed by atoms with Crippen LogP contribution in [0, 0.1) is 19.8 Å². The lowest BCUT2D eigenvalue weighted by Crippen LogP contribution is -2.11. The van der Waals surface area contributed by atoms with Gasteiger partial charge in [0.15, 0.2) is 0 Å². The van der Waals surface area contributed by atoms with Gasteiger partial charge in [-0.05, 0) is 49.4 Å². The number of halogens is 1. The second-order valence-corrected chi connectivity index (χ2v) is 5.94. The SMILES string of the molecule is Cc1cc(NCCOCCC(C)C)cc(C)c1Br. The summed E-state index contributed by atoms with van der Waals surface area (Å²) < 4.78 is 6.77. The molecule has 0 amide bonds. The zero-order valence-electron chi connectivity index (χ0n) is 11.8. The van der Waals surface area contributed by atoms with Crippen molar-refractivity contribution in [3.05, 3.63) is 27.7 Å². The van der Waals surface area contributed by atoms with Gasteiger partial charge in [0, 0.05) is 23.3 Å². The molecular formula is C15H24BrNO. The van der Waals surface area contributed by atoms with Crippen LogP contribution in [0.5, 0.6) is 0 Å². The highest BCUT2D eigenvalue weighted by molar-refractivity contribution is 9.10. The fourth-order valence-corrected chi connectivity index (χ4v) is 1.97. The molecule has 0 radical (unpaired) electrons. The number of benzene rings is 1. The molecular weight excluding hydrogens is 290 g/mol. The van der Waals surface area contributed by atoms with Crippen LogP contribution in [-0.2, 0) is 4.74 Å². The number of hydrogen-bond donors (Lipinski definition) is 1. The predicted molar refractivity (Wildman–Crippen MR) is 82.4 cm³/mol. The van der Waals surface area contributed by atoms with Crippen molar-refractivity contribution >= 4 is 21.6 Å². The van der Waals surface area contributed by atoms with Gasteiger partial charge < -0.3 is 10.1 Å². The van der Waals surface area contributed by atoms with E-state index in [9.17, 15) is 0 Å². The van der Waals surface area contributed by atoms with Crippen molar-refractivity contribution in [2.24, 2.45) is 5.92 Å². The third-order valence-corrected chi connectivity index (χ3v) is 4.10. The molecule has 0 fully saturated rings. The van der Waals surface area contributed by atoms with E-state index in [0.29, 0.717) is 0 Å². The summed E-state index contributed by atoms with van der Waals surface area (Å²) >= 11 is 3.58. The highest BCUT2D eigenvalue weighted by atomic mass is 79.9. The smallest absolute Gasteiger partial charge is 0.0639 e. The van der Waals surface area contributed by atoms with E-state index in [-0.39, 0.29) is 0 Å². The first-order valence-electron chi connectivity index (χ1n) is 6.59. The van der Waals surface area contributed by atoms with Crippen LogP contribution in [-0.4, -0.2) is 19.8 Å². The molecule has 2 nitrogen and oxygen atoms in total. The number of anilines is 1. The van der Waals surface area contributed by atoms with Gasteiger partial charge in [-0.15, -0.1) is 0 Å². The van der Waals surface area contributed by atoms with Crippen LogP contribution in [0.4, 0.5) is 5.69 Å². The Bertz CT molecular complexity index is 354. The number of hydrogen-bond acceptors (Lipinski definition) is 2. The summed E-state index contributed by atoms with van der Waals surface area (Å²) in [6, 6.07) is 4.32. The third kappa shape index (κ3) is 5.40. The second kappa shape index (κ2) is 7.80. The number of nitrogens with one attached hydrogen (secondary N) is 1. The van der Waals surface area contributed by atoms with E-state index < -0.39 is 0 Å². The molecule has 0 aliphatic carbocycles. The minimum atomic E-state index is 0.717. The Hall–Kier alpha value is -0.540. The van der Waals surface area contributed by atoms with Crippen molar-refractivity contribution < 1.29 is 4.74 Å². The van der Waals surface area contributed by atoms with Gasteiger partial charge in [-0.25, -0.2) is 0 Å². The van der Waals surface area contributed by atoms with Crippen LogP contribution in [0.25, 0.3) is 0 Å². The number of ether oxygens (including phenoxy) is 1. The summed E-state index contributed by atoms with van der Waals surface area (Å²) in [5, 5.41) is 3.40. The highest BCUT2D eigenvalue weighted by Crippen LogP contribution is 2.24. The van der Waals surface area contributed by atoms with E-state index in [4.69, 9.17) is 4.74 Å². The fraction of sp³-hybridized carbons (Fsp3) is 0.600. The minimum absolute atomic E-state index is 0.717. The summed E-state index contributed by atoms with van der Waals surface area (Å²) in [6.45, 7) is 11.1. The van der Waals surface area contributed by atoms with Crippen LogP contribution in [0.3, 0.4) is 0 Å². The molecule has 0 unspecified atom stereocenters. The van der Waals surface area contributed by atoms with Crippen molar-refractivity contribution in [2.75, 3.05) is 25.1 Å². The molecule has 0 aliphatic rings. The van der Waals surface area contributed by atoms with Crippen molar-refractivity contribution in [1.82, 2.24) is 0 Å². The van der Waals surface area contributed by atoms with Gasteiger partial charge >= 0.3 is 0 Å². The van der Waals surface area contributed by atoms with Gasteiger partial charge in [-0.1, -0.05) is 29.8 Å². The molecule has 1 N–H and O–H groups in total. The van der Waals surface area contributed by atoms with E-state index >= 15 is 0 Å². The molecule has 3 heteroatoms. The largest absolute Gasteiger partial charge is 0.383 e. The van der Waals surface area contributed by atoms with Crippen molar-refractivity contribution in [3.8, 4) is 0 Å². The first-order chi connectivity index (χ1) is 8.50. The Morgan fingerprint density at radius 1 is 1.17 bits per heavy atom. The van der Waals surface area contributed by atoms with Crippen LogP contribution in [0.15, 0.2) is 16.6 Å². The Morgan fingerprint density at radius 2 is 1.78 bits per heavy atom. The van der Waals surface area contributed by atoms with E-state index in [1.54, 1.807) is 0 Å². The maximum absolute atomic E-state index is 5.58. The molecule has 0 spiro atoms. The van der Waals surface area contributed by atoms with Gasteiger partial charge in [-0.2, -0.15) is 0 Å². The second-order valence-electron chi connectivity index (χ2n) is 5.15. The van der Waals surface area contributed by atoms with E-state index in [1.165, 1.54) is 21.3 Å². The molecule has 1 aromatic carbocycles. The first-order valence-corrected chi connectivity index (χ1v) is 7.38. The van der Waals surface area contributed by atoms with Crippen LogP contribution >= 0.6 is 15.9 Å². The maximum atomic E-state index is 5.58. The predicted octanol–water partition coefficient (Wildman–Crippen LogP) is 4.54. The van der Waals surface area contributed by atoms with Gasteiger partial charge in [0.2, 0.25) is 0 Å². The lowest BCUT2D eigenvalue weighted by Gasteiger charge is -2.11. The van der Waals surface area contributed by atoms with E-state index in [0.717, 1.165) is 32.1 Å². The Balaban J connectivity index is 2.27. The third-order valence-electron chi connectivity index (χ3n) is 2.85. The van der Waals surface area contributed by atoms with Gasteiger partial charge in [0.25, 0.3) is 0 Å². The Labute approximate surface area is 119 Å². The van der Waals surface area contributed by atoms with Crippen LogP contribution in [0.2, 0.25) is 0 Å². The maximum Gasteiger partial charge on any atom is 0.0639 e. The standard InChI is InChI=1S/C15H24BrNO/c1-11(2)5-7-18-8-6-17-14-9-12(3)15(16)13(4)10-14/h9-11,17H,5-8H2,1-4H3. The highest BCUT2D eigenvalue weighted by Gasteiger charge is 2.01. The van der Waals surface area contributed by atoms with E-state index in [2.05, 4.69) is 61.1 Å². The molecule has 102 valence electrons. The van der Waals surface area contributed by atoms with Crippen molar-refractivity contribution in [1.29, 1.82) is 0 Å². The summed E-state index contributed by atoms with van der Waals surface area (Å²) in [6.07, 6.45) is 1.14. The summed E-state index contributed by atoms with van der Waals surface area (Å²) in [4.78, 5) is 0. The summed E-state index contributed by atoms with van der Waals surface area (Å²) in [5.74, 6) is 0.717. The summed E-state index contributed by atoms with van der Waals surface area (Å²) in [5.41, 5.74) is 3.69. The molecule has 0 bridgehead atoms. The zero-order valence-corrected chi connectivity index (χ0v) is 13.4. The molecule has 0 aliphatic heterocycles. The monoisotopic (exact) mass is 313 g/mol. The average Bonchev–Trinajstić information content (AvgIpc) is 2.30. The van der Waals surface area contributed by atoms with Crippen molar-refractivity contribution in [3.63, 3.8) is 0 Å². The lowest BCUT2D eigenvalue weighted by molar-refractivity contribution is 0.132. The average molecular weight is 314 g/mol. The fourth-order valence-electron chi connectivity index (χ4n) is 1.74. The lowest BCUT2D eigenvalue weighted by atomic mass is 10.1. The Kier molecular flexibility index (Phi) is 6.72. The molecule has 0 saturated heterocycles.